The van der Waals surface area contributed by atoms with Crippen LogP contribution in [0.25, 0.3) is 0 Å². The second-order valence-electron chi connectivity index (χ2n) is 6.04. The van der Waals surface area contributed by atoms with Gasteiger partial charge in [-0.25, -0.2) is 0 Å². The summed E-state index contributed by atoms with van der Waals surface area (Å²) in [7, 11) is 6.71. The SMILES string of the molecule is COc1ccc(OC)c(C[C@@H]2NCCc3cc(OC)c(OC)cc32)c1. The van der Waals surface area contributed by atoms with Crippen molar-refractivity contribution < 1.29 is 18.9 Å². The summed E-state index contributed by atoms with van der Waals surface area (Å²) < 4.78 is 21.8. The molecule has 0 aromatic heterocycles. The van der Waals surface area contributed by atoms with E-state index in [0.29, 0.717) is 0 Å². The molecule has 0 radical (unpaired) electrons. The molecule has 2 aromatic carbocycles. The van der Waals surface area contributed by atoms with E-state index in [0.717, 1.165) is 47.9 Å². The first-order chi connectivity index (χ1) is 12.2. The fourth-order valence-electron chi connectivity index (χ4n) is 3.41. The summed E-state index contributed by atoms with van der Waals surface area (Å²) in [6.07, 6.45) is 1.78. The van der Waals surface area contributed by atoms with Gasteiger partial charge in [0, 0.05) is 6.04 Å². The molecule has 0 spiro atoms. The molecule has 0 amide bonds. The van der Waals surface area contributed by atoms with Gasteiger partial charge in [0.2, 0.25) is 0 Å². The van der Waals surface area contributed by atoms with E-state index in [-0.39, 0.29) is 6.04 Å². The lowest BCUT2D eigenvalue weighted by Gasteiger charge is -2.28. The minimum absolute atomic E-state index is 0.185. The monoisotopic (exact) mass is 343 g/mol. The average molecular weight is 343 g/mol. The van der Waals surface area contributed by atoms with Gasteiger partial charge in [-0.3, -0.25) is 0 Å². The maximum Gasteiger partial charge on any atom is 0.161 e. The Morgan fingerprint density at radius 1 is 0.880 bits per heavy atom. The van der Waals surface area contributed by atoms with Gasteiger partial charge in [-0.1, -0.05) is 0 Å². The van der Waals surface area contributed by atoms with Gasteiger partial charge >= 0.3 is 0 Å². The zero-order valence-electron chi connectivity index (χ0n) is 15.2. The van der Waals surface area contributed by atoms with Crippen molar-refractivity contribution in [1.29, 1.82) is 0 Å². The number of rotatable bonds is 6. The van der Waals surface area contributed by atoms with Crippen LogP contribution in [0.15, 0.2) is 30.3 Å². The lowest BCUT2D eigenvalue weighted by atomic mass is 9.89. The molecule has 2 aromatic rings. The number of fused-ring (bicyclic) bond motifs is 1. The van der Waals surface area contributed by atoms with E-state index in [9.17, 15) is 0 Å². The molecular weight excluding hydrogens is 318 g/mol. The number of ether oxygens (including phenoxy) is 4. The standard InChI is InChI=1S/C20H25NO4/c1-22-15-5-6-18(23-2)14(9-15)10-17-16-12-20(25-4)19(24-3)11-13(16)7-8-21-17/h5-6,9,11-12,17,21H,7-8,10H2,1-4H3/t17-/m0/s1. The van der Waals surface area contributed by atoms with Gasteiger partial charge in [-0.05, 0) is 66.4 Å². The highest BCUT2D eigenvalue weighted by Crippen LogP contribution is 2.37. The maximum absolute atomic E-state index is 5.53. The smallest absolute Gasteiger partial charge is 0.161 e. The van der Waals surface area contributed by atoms with Gasteiger partial charge in [0.25, 0.3) is 0 Å². The minimum Gasteiger partial charge on any atom is -0.497 e. The summed E-state index contributed by atoms with van der Waals surface area (Å²) in [5.74, 6) is 3.24. The number of hydrogen-bond acceptors (Lipinski definition) is 5. The van der Waals surface area contributed by atoms with Crippen molar-refractivity contribution >= 4 is 0 Å². The van der Waals surface area contributed by atoms with Gasteiger partial charge in [-0.15, -0.1) is 0 Å². The largest absolute Gasteiger partial charge is 0.497 e. The van der Waals surface area contributed by atoms with Crippen molar-refractivity contribution in [3.8, 4) is 23.0 Å². The van der Waals surface area contributed by atoms with Crippen molar-refractivity contribution in [1.82, 2.24) is 5.32 Å². The first kappa shape index (κ1) is 17.4. The van der Waals surface area contributed by atoms with Crippen LogP contribution in [0.5, 0.6) is 23.0 Å². The van der Waals surface area contributed by atoms with Crippen molar-refractivity contribution in [3.63, 3.8) is 0 Å². The Kier molecular flexibility index (Phi) is 5.34. The normalized spacial score (nSPS) is 16.1. The van der Waals surface area contributed by atoms with Crippen molar-refractivity contribution in [2.24, 2.45) is 0 Å². The Labute approximate surface area is 148 Å². The van der Waals surface area contributed by atoms with Crippen LogP contribution in [0, 0.1) is 0 Å². The van der Waals surface area contributed by atoms with Crippen molar-refractivity contribution in [3.05, 3.63) is 47.0 Å². The molecule has 1 heterocycles. The van der Waals surface area contributed by atoms with Crippen LogP contribution < -0.4 is 24.3 Å². The quantitative estimate of drug-likeness (QED) is 0.873. The third-order valence-corrected chi connectivity index (χ3v) is 4.72. The molecule has 5 nitrogen and oxygen atoms in total. The maximum atomic E-state index is 5.53. The summed E-state index contributed by atoms with van der Waals surface area (Å²) >= 11 is 0. The second-order valence-corrected chi connectivity index (χ2v) is 6.04. The molecule has 0 unspecified atom stereocenters. The predicted octanol–water partition coefficient (Wildman–Crippen LogP) is 3.15. The van der Waals surface area contributed by atoms with Crippen LogP contribution in [0.1, 0.15) is 22.7 Å². The fraction of sp³-hybridized carbons (Fsp3) is 0.400. The first-order valence-corrected chi connectivity index (χ1v) is 8.39. The van der Waals surface area contributed by atoms with Gasteiger partial charge in [0.1, 0.15) is 11.5 Å². The summed E-state index contributed by atoms with van der Waals surface area (Å²) in [4.78, 5) is 0. The molecular formula is C20H25NO4. The fourth-order valence-corrected chi connectivity index (χ4v) is 3.41. The zero-order chi connectivity index (χ0) is 17.8. The molecule has 1 N–H and O–H groups in total. The minimum atomic E-state index is 0.185. The molecule has 0 bridgehead atoms. The Balaban J connectivity index is 1.96. The van der Waals surface area contributed by atoms with Gasteiger partial charge in [-0.2, -0.15) is 0 Å². The third-order valence-electron chi connectivity index (χ3n) is 4.72. The Bertz CT molecular complexity index is 745. The molecule has 0 aliphatic carbocycles. The van der Waals surface area contributed by atoms with Crippen LogP contribution >= 0.6 is 0 Å². The van der Waals surface area contributed by atoms with Crippen molar-refractivity contribution in [2.45, 2.75) is 18.9 Å². The summed E-state index contributed by atoms with van der Waals surface area (Å²) in [5, 5.41) is 3.61. The summed E-state index contributed by atoms with van der Waals surface area (Å²) in [6.45, 7) is 0.930. The Hall–Kier alpha value is -2.40. The molecule has 3 rings (SSSR count). The van der Waals surface area contributed by atoms with Crippen LogP contribution in [0.4, 0.5) is 0 Å². The Morgan fingerprint density at radius 2 is 1.60 bits per heavy atom. The lowest BCUT2D eigenvalue weighted by Crippen LogP contribution is -2.31. The molecule has 1 atom stereocenters. The van der Waals surface area contributed by atoms with Gasteiger partial charge < -0.3 is 24.3 Å². The molecule has 25 heavy (non-hydrogen) atoms. The van der Waals surface area contributed by atoms with E-state index in [1.54, 1.807) is 28.4 Å². The molecule has 0 saturated carbocycles. The molecule has 0 saturated heterocycles. The number of nitrogens with one attached hydrogen (secondary N) is 1. The second kappa shape index (κ2) is 7.66. The zero-order valence-corrected chi connectivity index (χ0v) is 15.2. The van der Waals surface area contributed by atoms with E-state index in [1.165, 1.54) is 11.1 Å². The molecule has 5 heteroatoms. The summed E-state index contributed by atoms with van der Waals surface area (Å²) in [5.41, 5.74) is 3.65. The highest BCUT2D eigenvalue weighted by molar-refractivity contribution is 5.50. The molecule has 1 aliphatic heterocycles. The number of benzene rings is 2. The molecule has 1 aliphatic rings. The van der Waals surface area contributed by atoms with Crippen LogP contribution in [0.2, 0.25) is 0 Å². The lowest BCUT2D eigenvalue weighted by molar-refractivity contribution is 0.352. The highest BCUT2D eigenvalue weighted by atomic mass is 16.5. The predicted molar refractivity (Wildman–Crippen MR) is 97.2 cm³/mol. The van der Waals surface area contributed by atoms with Gasteiger partial charge in [0.15, 0.2) is 11.5 Å². The number of hydrogen-bond donors (Lipinski definition) is 1. The van der Waals surface area contributed by atoms with E-state index >= 15 is 0 Å². The molecule has 0 fully saturated rings. The first-order valence-electron chi connectivity index (χ1n) is 8.39. The van der Waals surface area contributed by atoms with E-state index in [2.05, 4.69) is 17.4 Å². The van der Waals surface area contributed by atoms with Crippen LogP contribution in [-0.4, -0.2) is 35.0 Å². The van der Waals surface area contributed by atoms with E-state index in [4.69, 9.17) is 18.9 Å². The van der Waals surface area contributed by atoms with E-state index in [1.807, 2.05) is 18.2 Å². The highest BCUT2D eigenvalue weighted by Gasteiger charge is 2.24. The van der Waals surface area contributed by atoms with Gasteiger partial charge in [0.05, 0.1) is 28.4 Å². The third kappa shape index (κ3) is 3.51. The van der Waals surface area contributed by atoms with E-state index < -0.39 is 0 Å². The number of methoxy groups -OCH3 is 4. The van der Waals surface area contributed by atoms with Crippen LogP contribution in [-0.2, 0) is 12.8 Å². The summed E-state index contributed by atoms with van der Waals surface area (Å²) in [6, 6.07) is 10.3. The molecule has 134 valence electrons. The van der Waals surface area contributed by atoms with Crippen molar-refractivity contribution in [2.75, 3.05) is 35.0 Å². The Morgan fingerprint density at radius 3 is 2.28 bits per heavy atom. The average Bonchev–Trinajstić information content (AvgIpc) is 2.67. The van der Waals surface area contributed by atoms with Crippen LogP contribution in [0.3, 0.4) is 0 Å². The topological polar surface area (TPSA) is 49.0 Å².